The highest BCUT2D eigenvalue weighted by Gasteiger charge is 2.00. The van der Waals surface area contributed by atoms with Gasteiger partial charge in [-0.3, -0.25) is 0 Å². The van der Waals surface area contributed by atoms with Crippen LogP contribution in [0.5, 0.6) is 0 Å². The van der Waals surface area contributed by atoms with E-state index in [1.807, 2.05) is 31.2 Å². The topological polar surface area (TPSA) is 25.8 Å². The zero-order chi connectivity index (χ0) is 8.55. The highest BCUT2D eigenvalue weighted by atomic mass is 35.5. The standard InChI is InChI=1S/C9H7ClN2/c1-6-7-4-2-3-5-8(7)12-9(10)11-6/h2-5H,1H3. The van der Waals surface area contributed by atoms with Crippen LogP contribution in [0.25, 0.3) is 10.9 Å². The molecule has 0 atom stereocenters. The largest absolute Gasteiger partial charge is 0.223 e. The van der Waals surface area contributed by atoms with Crippen LogP contribution >= 0.6 is 11.6 Å². The predicted molar refractivity (Wildman–Crippen MR) is 49.3 cm³/mol. The maximum absolute atomic E-state index is 5.70. The summed E-state index contributed by atoms with van der Waals surface area (Å²) in [6, 6.07) is 7.81. The Kier molecular flexibility index (Phi) is 1.70. The predicted octanol–water partition coefficient (Wildman–Crippen LogP) is 2.59. The molecule has 1 heterocycles. The van der Waals surface area contributed by atoms with Gasteiger partial charge in [-0.05, 0) is 24.6 Å². The van der Waals surface area contributed by atoms with Crippen molar-refractivity contribution in [3.8, 4) is 0 Å². The molecule has 2 rings (SSSR count). The van der Waals surface area contributed by atoms with Crippen LogP contribution in [-0.2, 0) is 0 Å². The number of aromatic nitrogens is 2. The summed E-state index contributed by atoms with van der Waals surface area (Å²) in [5, 5.41) is 1.37. The molecule has 0 radical (unpaired) electrons. The van der Waals surface area contributed by atoms with Crippen LogP contribution < -0.4 is 0 Å². The fourth-order valence-corrected chi connectivity index (χ4v) is 1.42. The van der Waals surface area contributed by atoms with Gasteiger partial charge >= 0.3 is 0 Å². The first-order valence-corrected chi connectivity index (χ1v) is 4.04. The van der Waals surface area contributed by atoms with E-state index in [4.69, 9.17) is 11.6 Å². The molecule has 0 saturated heterocycles. The molecule has 0 aliphatic heterocycles. The van der Waals surface area contributed by atoms with Gasteiger partial charge in [0.1, 0.15) is 0 Å². The molecular formula is C9H7ClN2. The van der Waals surface area contributed by atoms with Crippen molar-refractivity contribution in [1.29, 1.82) is 0 Å². The number of fused-ring (bicyclic) bond motifs is 1. The zero-order valence-electron chi connectivity index (χ0n) is 6.58. The summed E-state index contributed by atoms with van der Waals surface area (Å²) in [6.45, 7) is 1.93. The number of benzene rings is 1. The van der Waals surface area contributed by atoms with Crippen LogP contribution in [0, 0.1) is 6.92 Å². The maximum atomic E-state index is 5.70. The summed E-state index contributed by atoms with van der Waals surface area (Å²) in [5.41, 5.74) is 1.82. The van der Waals surface area contributed by atoms with Crippen LogP contribution in [0.3, 0.4) is 0 Å². The molecule has 1 aromatic heterocycles. The number of para-hydroxylation sites is 1. The second-order valence-corrected chi connectivity index (χ2v) is 2.93. The average molecular weight is 179 g/mol. The normalized spacial score (nSPS) is 10.5. The van der Waals surface area contributed by atoms with Gasteiger partial charge in [-0.15, -0.1) is 0 Å². The minimum Gasteiger partial charge on any atom is -0.223 e. The summed E-state index contributed by atoms with van der Waals surface area (Å²) in [5.74, 6) is 0. The number of hydrogen-bond donors (Lipinski definition) is 0. The lowest BCUT2D eigenvalue weighted by molar-refractivity contribution is 1.15. The fraction of sp³-hybridized carbons (Fsp3) is 0.111. The lowest BCUT2D eigenvalue weighted by Gasteiger charge is -1.99. The Balaban J connectivity index is 2.89. The lowest BCUT2D eigenvalue weighted by atomic mass is 10.2. The van der Waals surface area contributed by atoms with Crippen molar-refractivity contribution in [2.24, 2.45) is 0 Å². The van der Waals surface area contributed by atoms with E-state index in [9.17, 15) is 0 Å². The van der Waals surface area contributed by atoms with E-state index in [0.717, 1.165) is 16.6 Å². The molecule has 2 aromatic rings. The third kappa shape index (κ3) is 1.14. The number of rotatable bonds is 0. The van der Waals surface area contributed by atoms with Crippen LogP contribution in [0.4, 0.5) is 0 Å². The van der Waals surface area contributed by atoms with Crippen molar-refractivity contribution in [1.82, 2.24) is 9.97 Å². The van der Waals surface area contributed by atoms with Crippen LogP contribution in [0.2, 0.25) is 5.28 Å². The SMILES string of the molecule is Cc1nc(Cl)nc2ccccc12. The Bertz CT molecular complexity index is 426. The number of nitrogens with zero attached hydrogens (tertiary/aromatic N) is 2. The van der Waals surface area contributed by atoms with Crippen LogP contribution in [0.15, 0.2) is 24.3 Å². The van der Waals surface area contributed by atoms with Crippen LogP contribution in [0.1, 0.15) is 5.69 Å². The van der Waals surface area contributed by atoms with Gasteiger partial charge in [0.25, 0.3) is 0 Å². The Morgan fingerprint density at radius 1 is 1.17 bits per heavy atom. The third-order valence-electron chi connectivity index (χ3n) is 1.77. The third-order valence-corrected chi connectivity index (χ3v) is 1.94. The summed E-state index contributed by atoms with van der Waals surface area (Å²) in [7, 11) is 0. The molecule has 2 nitrogen and oxygen atoms in total. The first-order chi connectivity index (χ1) is 5.77. The van der Waals surface area contributed by atoms with E-state index < -0.39 is 0 Å². The summed E-state index contributed by atoms with van der Waals surface area (Å²) in [6.07, 6.45) is 0. The molecule has 12 heavy (non-hydrogen) atoms. The van der Waals surface area contributed by atoms with Gasteiger partial charge in [0.05, 0.1) is 11.2 Å². The number of aryl methyl sites for hydroxylation is 1. The van der Waals surface area contributed by atoms with Gasteiger partial charge in [-0.25, -0.2) is 9.97 Å². The van der Waals surface area contributed by atoms with E-state index in [2.05, 4.69) is 9.97 Å². The molecule has 0 aliphatic carbocycles. The highest BCUT2D eigenvalue weighted by molar-refractivity contribution is 6.28. The Morgan fingerprint density at radius 3 is 2.75 bits per heavy atom. The molecule has 3 heteroatoms. The van der Waals surface area contributed by atoms with Gasteiger partial charge in [0.15, 0.2) is 0 Å². The molecule has 60 valence electrons. The number of halogens is 1. The molecule has 0 amide bonds. The minimum absolute atomic E-state index is 0.311. The van der Waals surface area contributed by atoms with Gasteiger partial charge in [0, 0.05) is 5.39 Å². The minimum atomic E-state index is 0.311. The van der Waals surface area contributed by atoms with Gasteiger partial charge in [-0.2, -0.15) is 0 Å². The quantitative estimate of drug-likeness (QED) is 0.580. The zero-order valence-corrected chi connectivity index (χ0v) is 7.34. The molecule has 0 bridgehead atoms. The highest BCUT2D eigenvalue weighted by Crippen LogP contribution is 2.15. The fourth-order valence-electron chi connectivity index (χ4n) is 1.20. The molecule has 0 aliphatic rings. The number of hydrogen-bond acceptors (Lipinski definition) is 2. The maximum Gasteiger partial charge on any atom is 0.223 e. The average Bonchev–Trinajstić information content (AvgIpc) is 2.04. The van der Waals surface area contributed by atoms with Crippen molar-refractivity contribution in [3.63, 3.8) is 0 Å². The summed E-state index contributed by atoms with van der Waals surface area (Å²) >= 11 is 5.70. The van der Waals surface area contributed by atoms with E-state index in [-0.39, 0.29) is 0 Å². The first-order valence-electron chi connectivity index (χ1n) is 3.66. The van der Waals surface area contributed by atoms with Gasteiger partial charge in [-0.1, -0.05) is 18.2 Å². The Labute approximate surface area is 75.2 Å². The van der Waals surface area contributed by atoms with Crippen molar-refractivity contribution >= 4 is 22.5 Å². The van der Waals surface area contributed by atoms with E-state index in [1.165, 1.54) is 0 Å². The molecular weight excluding hydrogens is 172 g/mol. The van der Waals surface area contributed by atoms with E-state index >= 15 is 0 Å². The lowest BCUT2D eigenvalue weighted by Crippen LogP contribution is -1.88. The summed E-state index contributed by atoms with van der Waals surface area (Å²) in [4.78, 5) is 8.15. The molecule has 0 unspecified atom stereocenters. The monoisotopic (exact) mass is 178 g/mol. The smallest absolute Gasteiger partial charge is 0.223 e. The van der Waals surface area contributed by atoms with E-state index in [1.54, 1.807) is 0 Å². The molecule has 0 spiro atoms. The van der Waals surface area contributed by atoms with Crippen molar-refractivity contribution in [2.75, 3.05) is 0 Å². The van der Waals surface area contributed by atoms with Crippen molar-refractivity contribution < 1.29 is 0 Å². The second kappa shape index (κ2) is 2.72. The van der Waals surface area contributed by atoms with E-state index in [0.29, 0.717) is 5.28 Å². The van der Waals surface area contributed by atoms with Gasteiger partial charge < -0.3 is 0 Å². The molecule has 1 aromatic carbocycles. The molecule has 0 N–H and O–H groups in total. The first kappa shape index (κ1) is 7.50. The molecule has 0 fully saturated rings. The molecule has 0 saturated carbocycles. The Morgan fingerprint density at radius 2 is 1.92 bits per heavy atom. The van der Waals surface area contributed by atoms with Crippen molar-refractivity contribution in [3.05, 3.63) is 35.2 Å². The second-order valence-electron chi connectivity index (χ2n) is 2.60. The van der Waals surface area contributed by atoms with Crippen LogP contribution in [-0.4, -0.2) is 9.97 Å². The Hall–Kier alpha value is -1.15. The van der Waals surface area contributed by atoms with Crippen molar-refractivity contribution in [2.45, 2.75) is 6.92 Å². The summed E-state index contributed by atoms with van der Waals surface area (Å²) < 4.78 is 0. The van der Waals surface area contributed by atoms with Gasteiger partial charge in [0.2, 0.25) is 5.28 Å².